The highest BCUT2D eigenvalue weighted by molar-refractivity contribution is 6.00. The van der Waals surface area contributed by atoms with Crippen molar-refractivity contribution in [2.45, 2.75) is 6.92 Å². The third kappa shape index (κ3) is 3.76. The lowest BCUT2D eigenvalue weighted by Crippen LogP contribution is -2.49. The van der Waals surface area contributed by atoms with Crippen molar-refractivity contribution in [3.05, 3.63) is 59.9 Å². The number of carbonyl (C=O) groups is 1. The van der Waals surface area contributed by atoms with Crippen LogP contribution in [0.1, 0.15) is 15.9 Å². The van der Waals surface area contributed by atoms with E-state index in [9.17, 15) is 4.79 Å². The van der Waals surface area contributed by atoms with E-state index in [-0.39, 0.29) is 5.91 Å². The Kier molecular flexibility index (Phi) is 5.70. The number of hydrogen-bond acceptors (Lipinski definition) is 8. The van der Waals surface area contributed by atoms with Gasteiger partial charge in [0.1, 0.15) is 23.4 Å². The molecular weight excluding hydrogens is 434 g/mol. The van der Waals surface area contributed by atoms with E-state index in [1.165, 1.54) is 11.9 Å². The van der Waals surface area contributed by atoms with Crippen LogP contribution in [-0.2, 0) is 0 Å². The first kappa shape index (κ1) is 21.6. The summed E-state index contributed by atoms with van der Waals surface area (Å²) in [5, 5.41) is 8.69. The van der Waals surface area contributed by atoms with Gasteiger partial charge in [0.25, 0.3) is 5.91 Å². The van der Waals surface area contributed by atoms with Gasteiger partial charge in [0.05, 0.1) is 19.9 Å². The second-order valence-electron chi connectivity index (χ2n) is 8.02. The Hall–Kier alpha value is -4.21. The molecule has 4 aromatic rings. The van der Waals surface area contributed by atoms with Crippen LogP contribution in [-0.4, -0.2) is 76.2 Å². The van der Waals surface area contributed by atoms with Crippen molar-refractivity contribution in [3.63, 3.8) is 0 Å². The van der Waals surface area contributed by atoms with E-state index in [2.05, 4.69) is 25.2 Å². The van der Waals surface area contributed by atoms with E-state index in [1.807, 2.05) is 31.2 Å². The van der Waals surface area contributed by atoms with Crippen LogP contribution in [0.3, 0.4) is 0 Å². The number of hydrogen-bond donors (Lipinski definition) is 0. The normalized spacial score (nSPS) is 13.9. The van der Waals surface area contributed by atoms with Crippen molar-refractivity contribution in [3.8, 4) is 17.2 Å². The minimum absolute atomic E-state index is 0.118. The van der Waals surface area contributed by atoms with Crippen molar-refractivity contribution in [1.82, 2.24) is 29.9 Å². The molecule has 0 bridgehead atoms. The predicted molar refractivity (Wildman–Crippen MR) is 127 cm³/mol. The molecule has 0 saturated carbocycles. The summed E-state index contributed by atoms with van der Waals surface area (Å²) >= 11 is 0. The first-order valence-corrected chi connectivity index (χ1v) is 11.0. The van der Waals surface area contributed by atoms with Crippen LogP contribution in [0, 0.1) is 6.92 Å². The van der Waals surface area contributed by atoms with Gasteiger partial charge >= 0.3 is 0 Å². The van der Waals surface area contributed by atoms with Crippen LogP contribution in [0.2, 0.25) is 0 Å². The number of benzene rings is 2. The Bertz CT molecular complexity index is 1310. The largest absolute Gasteiger partial charge is 0.496 e. The average Bonchev–Trinajstić information content (AvgIpc) is 3.32. The Labute approximate surface area is 196 Å². The summed E-state index contributed by atoms with van der Waals surface area (Å²) in [7, 11) is 3.10. The second kappa shape index (κ2) is 8.97. The summed E-state index contributed by atoms with van der Waals surface area (Å²) in [6, 6.07) is 13.4. The van der Waals surface area contributed by atoms with E-state index in [1.54, 1.807) is 42.0 Å². The number of piperazine rings is 1. The van der Waals surface area contributed by atoms with Crippen LogP contribution in [0.5, 0.6) is 11.5 Å². The van der Waals surface area contributed by atoms with Crippen molar-refractivity contribution in [2.24, 2.45) is 0 Å². The fourth-order valence-corrected chi connectivity index (χ4v) is 4.17. The zero-order valence-electron chi connectivity index (χ0n) is 19.3. The van der Waals surface area contributed by atoms with Gasteiger partial charge in [0.15, 0.2) is 17.0 Å². The van der Waals surface area contributed by atoms with Crippen LogP contribution in [0.25, 0.3) is 16.9 Å². The number of ether oxygens (including phenoxy) is 2. The van der Waals surface area contributed by atoms with Crippen LogP contribution in [0.15, 0.2) is 48.8 Å². The third-order valence-corrected chi connectivity index (χ3v) is 6.01. The van der Waals surface area contributed by atoms with Gasteiger partial charge in [0, 0.05) is 26.2 Å². The van der Waals surface area contributed by atoms with Crippen molar-refractivity contribution in [1.29, 1.82) is 0 Å². The zero-order valence-corrected chi connectivity index (χ0v) is 19.3. The Morgan fingerprint density at radius 2 is 1.59 bits per heavy atom. The highest BCUT2D eigenvalue weighted by atomic mass is 16.5. The maximum absolute atomic E-state index is 13.3. The number of anilines is 1. The van der Waals surface area contributed by atoms with Gasteiger partial charge in [0.2, 0.25) is 0 Å². The molecule has 3 heterocycles. The zero-order chi connectivity index (χ0) is 23.7. The van der Waals surface area contributed by atoms with Gasteiger partial charge in [-0.2, -0.15) is 4.68 Å². The van der Waals surface area contributed by atoms with Crippen molar-refractivity contribution >= 4 is 22.9 Å². The van der Waals surface area contributed by atoms with Crippen LogP contribution < -0.4 is 14.4 Å². The topological polar surface area (TPSA) is 98.5 Å². The number of methoxy groups -OCH3 is 2. The highest BCUT2D eigenvalue weighted by Crippen LogP contribution is 2.30. The van der Waals surface area contributed by atoms with Gasteiger partial charge in [-0.3, -0.25) is 4.79 Å². The lowest BCUT2D eigenvalue weighted by molar-refractivity contribution is 0.0739. The molecule has 0 unspecified atom stereocenters. The Balaban J connectivity index is 1.37. The highest BCUT2D eigenvalue weighted by Gasteiger charge is 2.28. The summed E-state index contributed by atoms with van der Waals surface area (Å²) in [5.74, 6) is 1.59. The number of aryl methyl sites for hydroxylation is 1. The first-order chi connectivity index (χ1) is 16.6. The molecule has 5 rings (SSSR count). The molecule has 1 saturated heterocycles. The molecule has 1 aliphatic heterocycles. The number of fused-ring (bicyclic) bond motifs is 1. The fourth-order valence-electron chi connectivity index (χ4n) is 4.17. The molecule has 0 N–H and O–H groups in total. The van der Waals surface area contributed by atoms with Crippen molar-refractivity contribution in [2.75, 3.05) is 45.3 Å². The smallest absolute Gasteiger partial charge is 0.261 e. The molecule has 0 atom stereocenters. The fraction of sp³-hybridized carbons (Fsp3) is 0.292. The summed E-state index contributed by atoms with van der Waals surface area (Å²) in [5.41, 5.74) is 3.77. The molecule has 1 amide bonds. The number of amides is 1. The number of carbonyl (C=O) groups excluding carboxylic acids is 1. The SMILES string of the molecule is COc1cccc(OC)c1C(=O)N1CCN(c2ncnc3c2nnn3-c2ccc(C)cc2)CC1. The quantitative estimate of drug-likeness (QED) is 0.449. The standard InChI is InChI=1S/C24H25N7O3/c1-16-7-9-17(10-8-16)31-23-21(27-28-31)22(25-15-26-23)29-11-13-30(14-12-29)24(32)20-18(33-2)5-4-6-19(20)34-3/h4-10,15H,11-14H2,1-3H3. The van der Waals surface area contributed by atoms with E-state index >= 15 is 0 Å². The van der Waals surface area contributed by atoms with E-state index < -0.39 is 0 Å². The molecule has 2 aromatic heterocycles. The lowest BCUT2D eigenvalue weighted by atomic mass is 10.1. The predicted octanol–water partition coefficient (Wildman–Crippen LogP) is 2.50. The van der Waals surface area contributed by atoms with Gasteiger partial charge in [-0.15, -0.1) is 5.10 Å². The van der Waals surface area contributed by atoms with Crippen LogP contribution >= 0.6 is 0 Å². The molecule has 0 aliphatic carbocycles. The minimum Gasteiger partial charge on any atom is -0.496 e. The summed E-state index contributed by atoms with van der Waals surface area (Å²) < 4.78 is 12.5. The molecule has 10 nitrogen and oxygen atoms in total. The second-order valence-corrected chi connectivity index (χ2v) is 8.02. The molecular formula is C24H25N7O3. The average molecular weight is 460 g/mol. The molecule has 0 radical (unpaired) electrons. The van der Waals surface area contributed by atoms with E-state index in [4.69, 9.17) is 9.47 Å². The summed E-state index contributed by atoms with van der Waals surface area (Å²) in [4.78, 5) is 26.1. The van der Waals surface area contributed by atoms with E-state index in [0.29, 0.717) is 60.2 Å². The number of nitrogens with zero attached hydrogens (tertiary/aromatic N) is 7. The minimum atomic E-state index is -0.118. The van der Waals surface area contributed by atoms with Gasteiger partial charge in [-0.05, 0) is 31.2 Å². The Morgan fingerprint density at radius 1 is 0.912 bits per heavy atom. The summed E-state index contributed by atoms with van der Waals surface area (Å²) in [6.07, 6.45) is 1.53. The number of rotatable bonds is 5. The first-order valence-electron chi connectivity index (χ1n) is 11.0. The van der Waals surface area contributed by atoms with Crippen LogP contribution in [0.4, 0.5) is 5.82 Å². The monoisotopic (exact) mass is 459 g/mol. The molecule has 174 valence electrons. The summed E-state index contributed by atoms with van der Waals surface area (Å²) in [6.45, 7) is 4.30. The van der Waals surface area contributed by atoms with E-state index in [0.717, 1.165) is 5.69 Å². The third-order valence-electron chi connectivity index (χ3n) is 6.01. The molecule has 1 fully saturated rings. The van der Waals surface area contributed by atoms with Gasteiger partial charge < -0.3 is 19.3 Å². The molecule has 1 aliphatic rings. The molecule has 0 spiro atoms. The maximum Gasteiger partial charge on any atom is 0.261 e. The molecule has 10 heteroatoms. The molecule has 34 heavy (non-hydrogen) atoms. The van der Waals surface area contributed by atoms with Gasteiger partial charge in [-0.1, -0.05) is 29.0 Å². The Morgan fingerprint density at radius 3 is 2.24 bits per heavy atom. The lowest BCUT2D eigenvalue weighted by Gasteiger charge is -2.35. The molecule has 2 aromatic carbocycles. The van der Waals surface area contributed by atoms with Crippen molar-refractivity contribution < 1.29 is 14.3 Å². The maximum atomic E-state index is 13.3. The van der Waals surface area contributed by atoms with Gasteiger partial charge in [-0.25, -0.2) is 9.97 Å². The number of aromatic nitrogens is 5.